The van der Waals surface area contributed by atoms with Gasteiger partial charge in [0.25, 0.3) is 0 Å². The van der Waals surface area contributed by atoms with Gasteiger partial charge in [-0.15, -0.1) is 0 Å². The van der Waals surface area contributed by atoms with Crippen LogP contribution in [0.2, 0.25) is 5.02 Å². The average molecular weight is 181 g/mol. The Hall–Kier alpha value is -1.42. The summed E-state index contributed by atoms with van der Waals surface area (Å²) >= 11 is 5.87. The van der Waals surface area contributed by atoms with Gasteiger partial charge < -0.3 is 0 Å². The molecule has 0 spiro atoms. The first-order valence-electron chi connectivity index (χ1n) is 3.33. The minimum atomic E-state index is 0.564. The predicted molar refractivity (Wildman–Crippen MR) is 44.6 cm³/mol. The third kappa shape index (κ3) is 1.16. The Labute approximate surface area is 73.6 Å². The molecule has 0 radical (unpaired) electrons. The zero-order chi connectivity index (χ0) is 8.39. The van der Waals surface area contributed by atoms with Gasteiger partial charge in [-0.3, -0.25) is 10.1 Å². The number of halogens is 1. The first-order valence-corrected chi connectivity index (χ1v) is 3.71. The zero-order valence-corrected chi connectivity index (χ0v) is 6.78. The molecule has 60 valence electrons. The number of hydrogen-bond acceptors (Lipinski definition) is 3. The van der Waals surface area contributed by atoms with Crippen molar-refractivity contribution in [3.05, 3.63) is 29.8 Å². The molecule has 0 aliphatic heterocycles. The summed E-state index contributed by atoms with van der Waals surface area (Å²) in [5, 5.41) is 7.01. The lowest BCUT2D eigenvalue weighted by atomic mass is 10.2. The number of rotatable bonds is 1. The maximum atomic E-state index is 5.87. The van der Waals surface area contributed by atoms with Crippen LogP contribution in [0.25, 0.3) is 11.4 Å². The van der Waals surface area contributed by atoms with Crippen molar-refractivity contribution in [3.8, 4) is 11.4 Å². The van der Waals surface area contributed by atoms with E-state index in [-0.39, 0.29) is 0 Å². The Balaban J connectivity index is 2.55. The lowest BCUT2D eigenvalue weighted by Crippen LogP contribution is -1.82. The van der Waals surface area contributed by atoms with Gasteiger partial charge in [-0.2, -0.15) is 5.10 Å². The molecule has 12 heavy (non-hydrogen) atoms. The van der Waals surface area contributed by atoms with Crippen molar-refractivity contribution in [1.29, 1.82) is 0 Å². The van der Waals surface area contributed by atoms with Crippen molar-refractivity contribution in [1.82, 2.24) is 20.2 Å². The molecule has 0 saturated carbocycles. The molecule has 0 fully saturated rings. The second kappa shape index (κ2) is 2.91. The van der Waals surface area contributed by atoms with Crippen LogP contribution in [0.1, 0.15) is 0 Å². The molecular formula is C7H5ClN4. The molecule has 0 aromatic carbocycles. The van der Waals surface area contributed by atoms with Crippen LogP contribution >= 0.6 is 11.6 Å². The third-order valence-electron chi connectivity index (χ3n) is 1.44. The van der Waals surface area contributed by atoms with Crippen LogP contribution in [0, 0.1) is 0 Å². The molecule has 0 bridgehead atoms. The van der Waals surface area contributed by atoms with Crippen molar-refractivity contribution >= 4 is 11.6 Å². The van der Waals surface area contributed by atoms with E-state index in [2.05, 4.69) is 20.2 Å². The highest BCUT2D eigenvalue weighted by atomic mass is 35.5. The van der Waals surface area contributed by atoms with E-state index in [0.717, 1.165) is 5.56 Å². The number of nitrogens with zero attached hydrogens (tertiary/aromatic N) is 3. The van der Waals surface area contributed by atoms with Gasteiger partial charge in [-0.25, -0.2) is 4.98 Å². The Morgan fingerprint density at radius 3 is 3.00 bits per heavy atom. The second-order valence-corrected chi connectivity index (χ2v) is 2.60. The number of H-pyrrole nitrogens is 1. The number of pyridine rings is 1. The molecule has 5 heteroatoms. The first-order chi connectivity index (χ1) is 5.88. The van der Waals surface area contributed by atoms with Crippen LogP contribution in [0.3, 0.4) is 0 Å². The van der Waals surface area contributed by atoms with Gasteiger partial charge in [0, 0.05) is 18.0 Å². The quantitative estimate of drug-likeness (QED) is 0.724. The van der Waals surface area contributed by atoms with Gasteiger partial charge in [0.05, 0.1) is 5.02 Å². The SMILES string of the molecule is Clc1cnccc1-c1ncn[nH]1. The summed E-state index contributed by atoms with van der Waals surface area (Å²) in [5.41, 5.74) is 0.809. The number of aromatic amines is 1. The van der Waals surface area contributed by atoms with Gasteiger partial charge in [-0.05, 0) is 6.07 Å². The maximum absolute atomic E-state index is 5.87. The van der Waals surface area contributed by atoms with E-state index in [4.69, 9.17) is 11.6 Å². The highest BCUT2D eigenvalue weighted by Crippen LogP contribution is 2.22. The van der Waals surface area contributed by atoms with Gasteiger partial charge >= 0.3 is 0 Å². The summed E-state index contributed by atoms with van der Waals surface area (Å²) in [4.78, 5) is 7.83. The summed E-state index contributed by atoms with van der Waals surface area (Å²) in [6, 6.07) is 1.78. The lowest BCUT2D eigenvalue weighted by molar-refractivity contribution is 1.09. The fourth-order valence-corrected chi connectivity index (χ4v) is 1.11. The van der Waals surface area contributed by atoms with Gasteiger partial charge in [-0.1, -0.05) is 11.6 Å². The van der Waals surface area contributed by atoms with Crippen molar-refractivity contribution < 1.29 is 0 Å². The second-order valence-electron chi connectivity index (χ2n) is 2.19. The smallest absolute Gasteiger partial charge is 0.157 e. The van der Waals surface area contributed by atoms with E-state index in [1.807, 2.05) is 0 Å². The Bertz CT molecular complexity index is 371. The highest BCUT2D eigenvalue weighted by Gasteiger charge is 2.03. The average Bonchev–Trinajstić information content (AvgIpc) is 2.57. The molecule has 0 atom stereocenters. The summed E-state index contributed by atoms with van der Waals surface area (Å²) in [6.45, 7) is 0. The molecule has 2 heterocycles. The topological polar surface area (TPSA) is 54.5 Å². The molecule has 0 unspecified atom stereocenters. The van der Waals surface area contributed by atoms with E-state index in [1.54, 1.807) is 18.5 Å². The highest BCUT2D eigenvalue weighted by molar-refractivity contribution is 6.33. The summed E-state index contributed by atoms with van der Waals surface area (Å²) in [7, 11) is 0. The minimum absolute atomic E-state index is 0.564. The summed E-state index contributed by atoms with van der Waals surface area (Å²) in [6.07, 6.45) is 4.66. The minimum Gasteiger partial charge on any atom is -0.263 e. The standard InChI is InChI=1S/C7H5ClN4/c8-6-3-9-2-1-5(6)7-10-4-11-12-7/h1-4H,(H,10,11,12). The van der Waals surface area contributed by atoms with Crippen LogP contribution < -0.4 is 0 Å². The monoisotopic (exact) mass is 180 g/mol. The first kappa shape index (κ1) is 7.24. The number of nitrogens with one attached hydrogen (secondary N) is 1. The molecule has 0 saturated heterocycles. The molecular weight excluding hydrogens is 176 g/mol. The van der Waals surface area contributed by atoms with Gasteiger partial charge in [0.15, 0.2) is 5.82 Å². The predicted octanol–water partition coefficient (Wildman–Crippen LogP) is 1.52. The van der Waals surface area contributed by atoms with E-state index >= 15 is 0 Å². The van der Waals surface area contributed by atoms with E-state index in [9.17, 15) is 0 Å². The number of aromatic nitrogens is 4. The fourth-order valence-electron chi connectivity index (χ4n) is 0.902. The molecule has 2 aromatic rings. The Kier molecular flexibility index (Phi) is 1.75. The zero-order valence-electron chi connectivity index (χ0n) is 6.03. The summed E-state index contributed by atoms with van der Waals surface area (Å²) in [5.74, 6) is 0.655. The molecule has 1 N–H and O–H groups in total. The number of hydrogen-bond donors (Lipinski definition) is 1. The van der Waals surface area contributed by atoms with Crippen LogP contribution in [0.5, 0.6) is 0 Å². The van der Waals surface area contributed by atoms with Crippen molar-refractivity contribution in [2.75, 3.05) is 0 Å². The fraction of sp³-hybridized carbons (Fsp3) is 0. The van der Waals surface area contributed by atoms with E-state index < -0.39 is 0 Å². The van der Waals surface area contributed by atoms with Gasteiger partial charge in [0.1, 0.15) is 6.33 Å². The Morgan fingerprint density at radius 2 is 2.33 bits per heavy atom. The Morgan fingerprint density at radius 1 is 1.42 bits per heavy atom. The molecule has 0 amide bonds. The summed E-state index contributed by atoms with van der Waals surface area (Å²) < 4.78 is 0. The van der Waals surface area contributed by atoms with Crippen molar-refractivity contribution in [2.45, 2.75) is 0 Å². The van der Waals surface area contributed by atoms with Crippen LogP contribution in [0.4, 0.5) is 0 Å². The van der Waals surface area contributed by atoms with Crippen LogP contribution in [0.15, 0.2) is 24.8 Å². The largest absolute Gasteiger partial charge is 0.263 e. The molecule has 0 aliphatic rings. The van der Waals surface area contributed by atoms with Crippen LogP contribution in [-0.2, 0) is 0 Å². The maximum Gasteiger partial charge on any atom is 0.157 e. The van der Waals surface area contributed by atoms with Crippen LogP contribution in [-0.4, -0.2) is 20.2 Å². The normalized spacial score (nSPS) is 10.1. The lowest BCUT2D eigenvalue weighted by Gasteiger charge is -1.96. The van der Waals surface area contributed by atoms with Crippen molar-refractivity contribution in [2.24, 2.45) is 0 Å². The molecule has 2 aromatic heterocycles. The van der Waals surface area contributed by atoms with Crippen molar-refractivity contribution in [3.63, 3.8) is 0 Å². The molecule has 0 aliphatic carbocycles. The van der Waals surface area contributed by atoms with E-state index in [0.29, 0.717) is 10.8 Å². The van der Waals surface area contributed by atoms with Gasteiger partial charge in [0.2, 0.25) is 0 Å². The third-order valence-corrected chi connectivity index (χ3v) is 1.74. The molecule has 4 nitrogen and oxygen atoms in total. The molecule has 2 rings (SSSR count). The van der Waals surface area contributed by atoms with E-state index in [1.165, 1.54) is 6.33 Å².